The van der Waals surface area contributed by atoms with Crippen LogP contribution in [0, 0.1) is 12.7 Å². The molecule has 2 aromatic carbocycles. The van der Waals surface area contributed by atoms with Crippen molar-refractivity contribution in [3.63, 3.8) is 0 Å². The molecule has 0 aliphatic carbocycles. The van der Waals surface area contributed by atoms with Crippen LogP contribution in [0.4, 0.5) is 4.39 Å². The molecule has 0 saturated heterocycles. The van der Waals surface area contributed by atoms with Gasteiger partial charge in [-0.2, -0.15) is 0 Å². The molecule has 0 spiro atoms. The van der Waals surface area contributed by atoms with Crippen LogP contribution in [-0.4, -0.2) is 12.2 Å². The summed E-state index contributed by atoms with van der Waals surface area (Å²) < 4.78 is 18.4. The maximum atomic E-state index is 13.1. The standard InChI is InChI=1S/C15H15FO2/c1-10-6-7-13(14(8-10)18-2)15(17)11-4-3-5-12(16)9-11/h3-9,15,17H,1-2H3. The molecule has 18 heavy (non-hydrogen) atoms. The van der Waals surface area contributed by atoms with Gasteiger partial charge >= 0.3 is 0 Å². The van der Waals surface area contributed by atoms with Crippen LogP contribution in [0.5, 0.6) is 5.75 Å². The molecule has 0 radical (unpaired) electrons. The number of hydrogen-bond donors (Lipinski definition) is 1. The highest BCUT2D eigenvalue weighted by Crippen LogP contribution is 2.30. The molecule has 0 bridgehead atoms. The van der Waals surface area contributed by atoms with Crippen LogP contribution in [0.2, 0.25) is 0 Å². The molecule has 2 aromatic rings. The fourth-order valence-corrected chi connectivity index (χ4v) is 1.90. The second-order valence-corrected chi connectivity index (χ2v) is 4.20. The third-order valence-corrected chi connectivity index (χ3v) is 2.85. The summed E-state index contributed by atoms with van der Waals surface area (Å²) in [6.07, 6.45) is -0.892. The lowest BCUT2D eigenvalue weighted by Crippen LogP contribution is -2.03. The summed E-state index contributed by atoms with van der Waals surface area (Å²) in [6, 6.07) is 11.5. The molecule has 0 saturated carbocycles. The average molecular weight is 246 g/mol. The number of benzene rings is 2. The van der Waals surface area contributed by atoms with Crippen LogP contribution in [0.3, 0.4) is 0 Å². The van der Waals surface area contributed by atoms with Gasteiger partial charge in [-0.25, -0.2) is 4.39 Å². The van der Waals surface area contributed by atoms with Gasteiger partial charge in [0, 0.05) is 5.56 Å². The number of halogens is 1. The predicted octanol–water partition coefficient (Wildman–Crippen LogP) is 3.22. The van der Waals surface area contributed by atoms with Gasteiger partial charge in [0.15, 0.2) is 0 Å². The zero-order valence-electron chi connectivity index (χ0n) is 10.4. The highest BCUT2D eigenvalue weighted by Gasteiger charge is 2.15. The largest absolute Gasteiger partial charge is 0.496 e. The predicted molar refractivity (Wildman–Crippen MR) is 68.2 cm³/mol. The van der Waals surface area contributed by atoms with Crippen molar-refractivity contribution in [2.24, 2.45) is 0 Å². The molecule has 1 N–H and O–H groups in total. The first-order valence-electron chi connectivity index (χ1n) is 5.70. The zero-order chi connectivity index (χ0) is 13.1. The van der Waals surface area contributed by atoms with E-state index in [1.165, 1.54) is 12.1 Å². The Balaban J connectivity index is 2.42. The Hall–Kier alpha value is -1.87. The van der Waals surface area contributed by atoms with Crippen LogP contribution in [0.25, 0.3) is 0 Å². The van der Waals surface area contributed by atoms with Gasteiger partial charge in [0.1, 0.15) is 17.7 Å². The fraction of sp³-hybridized carbons (Fsp3) is 0.200. The van der Waals surface area contributed by atoms with Crippen LogP contribution in [0.15, 0.2) is 42.5 Å². The first-order chi connectivity index (χ1) is 8.61. The Morgan fingerprint density at radius 3 is 2.61 bits per heavy atom. The lowest BCUT2D eigenvalue weighted by molar-refractivity contribution is 0.214. The summed E-state index contributed by atoms with van der Waals surface area (Å²) in [5.41, 5.74) is 2.19. The van der Waals surface area contributed by atoms with Crippen molar-refractivity contribution in [2.75, 3.05) is 7.11 Å². The van der Waals surface area contributed by atoms with Crippen LogP contribution in [0.1, 0.15) is 22.8 Å². The molecule has 94 valence electrons. The van der Waals surface area contributed by atoms with Gasteiger partial charge in [-0.05, 0) is 36.2 Å². The van der Waals surface area contributed by atoms with E-state index >= 15 is 0 Å². The molecule has 1 unspecified atom stereocenters. The van der Waals surface area contributed by atoms with E-state index in [2.05, 4.69) is 0 Å². The molecule has 0 amide bonds. The third kappa shape index (κ3) is 2.51. The molecule has 0 fully saturated rings. The van der Waals surface area contributed by atoms with E-state index in [9.17, 15) is 9.50 Å². The number of methoxy groups -OCH3 is 1. The highest BCUT2D eigenvalue weighted by atomic mass is 19.1. The number of aliphatic hydroxyl groups excluding tert-OH is 1. The zero-order valence-corrected chi connectivity index (χ0v) is 10.4. The third-order valence-electron chi connectivity index (χ3n) is 2.85. The average Bonchev–Trinajstić information content (AvgIpc) is 2.37. The van der Waals surface area contributed by atoms with Gasteiger partial charge in [-0.1, -0.05) is 24.3 Å². The van der Waals surface area contributed by atoms with Crippen molar-refractivity contribution in [1.29, 1.82) is 0 Å². The van der Waals surface area contributed by atoms with Crippen molar-refractivity contribution in [1.82, 2.24) is 0 Å². The molecule has 0 aliphatic rings. The molecule has 0 heterocycles. The van der Waals surface area contributed by atoms with E-state index in [4.69, 9.17) is 4.74 Å². The number of rotatable bonds is 3. The summed E-state index contributed by atoms with van der Waals surface area (Å²) in [5.74, 6) is 0.240. The van der Waals surface area contributed by atoms with Crippen molar-refractivity contribution in [2.45, 2.75) is 13.0 Å². The highest BCUT2D eigenvalue weighted by molar-refractivity contribution is 5.42. The van der Waals surface area contributed by atoms with Gasteiger partial charge in [0.25, 0.3) is 0 Å². The van der Waals surface area contributed by atoms with Crippen molar-refractivity contribution in [3.8, 4) is 5.75 Å². The lowest BCUT2D eigenvalue weighted by atomic mass is 9.99. The maximum Gasteiger partial charge on any atom is 0.125 e. The van der Waals surface area contributed by atoms with Gasteiger partial charge in [-0.15, -0.1) is 0 Å². The van der Waals surface area contributed by atoms with Crippen molar-refractivity contribution in [3.05, 3.63) is 65.0 Å². The Kier molecular flexibility index (Phi) is 3.63. The molecule has 0 aliphatic heterocycles. The number of ether oxygens (including phenoxy) is 1. The van der Waals surface area contributed by atoms with Gasteiger partial charge in [0.2, 0.25) is 0 Å². The molecule has 2 nitrogen and oxygen atoms in total. The van der Waals surface area contributed by atoms with E-state index in [-0.39, 0.29) is 5.82 Å². The van der Waals surface area contributed by atoms with E-state index in [0.717, 1.165) is 5.56 Å². The summed E-state index contributed by atoms with van der Waals surface area (Å²) in [4.78, 5) is 0. The minimum atomic E-state index is -0.892. The smallest absolute Gasteiger partial charge is 0.125 e. The summed E-state index contributed by atoms with van der Waals surface area (Å²) in [7, 11) is 1.55. The van der Waals surface area contributed by atoms with E-state index in [1.807, 2.05) is 19.1 Å². The Labute approximate surface area is 106 Å². The lowest BCUT2D eigenvalue weighted by Gasteiger charge is -2.15. The summed E-state index contributed by atoms with van der Waals surface area (Å²) in [6.45, 7) is 1.95. The monoisotopic (exact) mass is 246 g/mol. The topological polar surface area (TPSA) is 29.5 Å². The molecule has 3 heteroatoms. The first kappa shape index (κ1) is 12.6. The molecule has 0 aromatic heterocycles. The summed E-state index contributed by atoms with van der Waals surface area (Å²) >= 11 is 0. The van der Waals surface area contributed by atoms with Gasteiger partial charge in [-0.3, -0.25) is 0 Å². The summed E-state index contributed by atoms with van der Waals surface area (Å²) in [5, 5.41) is 10.3. The van der Waals surface area contributed by atoms with Gasteiger partial charge in [0.05, 0.1) is 7.11 Å². The number of aryl methyl sites for hydroxylation is 1. The fourth-order valence-electron chi connectivity index (χ4n) is 1.90. The van der Waals surface area contributed by atoms with Crippen LogP contribution in [-0.2, 0) is 0 Å². The SMILES string of the molecule is COc1cc(C)ccc1C(O)c1cccc(F)c1. The minimum Gasteiger partial charge on any atom is -0.496 e. The van der Waals surface area contributed by atoms with E-state index in [0.29, 0.717) is 16.9 Å². The second-order valence-electron chi connectivity index (χ2n) is 4.20. The van der Waals surface area contributed by atoms with E-state index < -0.39 is 6.10 Å². The number of aliphatic hydroxyl groups is 1. The Morgan fingerprint density at radius 2 is 1.94 bits per heavy atom. The number of hydrogen-bond acceptors (Lipinski definition) is 2. The van der Waals surface area contributed by atoms with Crippen molar-refractivity contribution >= 4 is 0 Å². The minimum absolute atomic E-state index is 0.363. The molecular weight excluding hydrogens is 231 g/mol. The molecule has 2 rings (SSSR count). The molecular formula is C15H15FO2. The Morgan fingerprint density at radius 1 is 1.17 bits per heavy atom. The Bertz CT molecular complexity index is 552. The first-order valence-corrected chi connectivity index (χ1v) is 5.70. The van der Waals surface area contributed by atoms with Crippen LogP contribution >= 0.6 is 0 Å². The van der Waals surface area contributed by atoms with Gasteiger partial charge < -0.3 is 9.84 Å². The van der Waals surface area contributed by atoms with E-state index in [1.54, 1.807) is 25.3 Å². The van der Waals surface area contributed by atoms with Crippen molar-refractivity contribution < 1.29 is 14.2 Å². The normalized spacial score (nSPS) is 12.2. The second kappa shape index (κ2) is 5.19. The molecule has 1 atom stereocenters. The van der Waals surface area contributed by atoms with Crippen LogP contribution < -0.4 is 4.74 Å². The quantitative estimate of drug-likeness (QED) is 0.901. The maximum absolute atomic E-state index is 13.1.